The standard InChI is InChI=1S/C31H25N5/c1-19(2)25-15-13-22-12-14-23-24(17-20(3)33-30(23)29(22)34-25)31-35-27(21-9-5-4-6-10-21)18-28(36-31)26-11-7-8-16-32-26/h4-19H,1-3H3. The summed E-state index contributed by atoms with van der Waals surface area (Å²) in [5, 5.41) is 2.06. The first-order chi connectivity index (χ1) is 17.6. The molecule has 0 aliphatic carbocycles. The lowest BCUT2D eigenvalue weighted by Crippen LogP contribution is -2.00. The first kappa shape index (κ1) is 22.0. The molecule has 0 atom stereocenters. The summed E-state index contributed by atoms with van der Waals surface area (Å²) >= 11 is 0. The molecule has 4 heterocycles. The molecule has 36 heavy (non-hydrogen) atoms. The van der Waals surface area contributed by atoms with Gasteiger partial charge < -0.3 is 0 Å². The predicted molar refractivity (Wildman–Crippen MR) is 146 cm³/mol. The lowest BCUT2D eigenvalue weighted by molar-refractivity contribution is 0.830. The Bertz CT molecular complexity index is 1650. The van der Waals surface area contributed by atoms with Gasteiger partial charge in [0.15, 0.2) is 5.82 Å². The van der Waals surface area contributed by atoms with Crippen molar-refractivity contribution in [1.29, 1.82) is 0 Å². The van der Waals surface area contributed by atoms with Gasteiger partial charge in [-0.25, -0.2) is 9.97 Å². The maximum absolute atomic E-state index is 5.03. The number of pyridine rings is 3. The van der Waals surface area contributed by atoms with Gasteiger partial charge in [-0.1, -0.05) is 68.4 Å². The Balaban J connectivity index is 1.64. The number of hydrogen-bond donors (Lipinski definition) is 0. The molecule has 0 aliphatic rings. The van der Waals surface area contributed by atoms with Crippen molar-refractivity contribution in [2.75, 3.05) is 0 Å². The molecule has 0 aliphatic heterocycles. The molecule has 2 aromatic carbocycles. The summed E-state index contributed by atoms with van der Waals surface area (Å²) in [6.45, 7) is 6.33. The molecule has 6 rings (SSSR count). The van der Waals surface area contributed by atoms with Gasteiger partial charge in [0.25, 0.3) is 0 Å². The van der Waals surface area contributed by atoms with E-state index < -0.39 is 0 Å². The molecule has 0 unspecified atom stereocenters. The van der Waals surface area contributed by atoms with Crippen LogP contribution in [0.1, 0.15) is 31.2 Å². The summed E-state index contributed by atoms with van der Waals surface area (Å²) in [7, 11) is 0. The van der Waals surface area contributed by atoms with Gasteiger partial charge in [0.05, 0.1) is 28.1 Å². The van der Waals surface area contributed by atoms with Crippen molar-refractivity contribution in [3.8, 4) is 34.0 Å². The molecule has 0 fully saturated rings. The minimum Gasteiger partial charge on any atom is -0.255 e. The summed E-state index contributed by atoms with van der Waals surface area (Å²) in [6, 6.07) is 28.5. The quantitative estimate of drug-likeness (QED) is 0.253. The van der Waals surface area contributed by atoms with E-state index in [2.05, 4.69) is 61.3 Å². The van der Waals surface area contributed by atoms with E-state index in [1.807, 2.05) is 49.4 Å². The maximum atomic E-state index is 5.03. The highest BCUT2D eigenvalue weighted by Gasteiger charge is 2.16. The Hall–Kier alpha value is -4.51. The van der Waals surface area contributed by atoms with Crippen LogP contribution >= 0.6 is 0 Å². The Labute approximate surface area is 210 Å². The second-order valence-corrected chi connectivity index (χ2v) is 9.28. The fourth-order valence-electron chi connectivity index (χ4n) is 4.49. The third-order valence-corrected chi connectivity index (χ3v) is 6.34. The van der Waals surface area contributed by atoms with Crippen LogP contribution < -0.4 is 0 Å². The molecule has 5 nitrogen and oxygen atoms in total. The van der Waals surface area contributed by atoms with Crippen molar-refractivity contribution in [1.82, 2.24) is 24.9 Å². The van der Waals surface area contributed by atoms with Crippen molar-refractivity contribution in [3.63, 3.8) is 0 Å². The predicted octanol–water partition coefficient (Wildman–Crippen LogP) is 7.40. The molecule has 0 saturated carbocycles. The monoisotopic (exact) mass is 467 g/mol. The van der Waals surface area contributed by atoms with Crippen LogP contribution in [0.4, 0.5) is 0 Å². The van der Waals surface area contributed by atoms with Crippen molar-refractivity contribution in [2.24, 2.45) is 0 Å². The molecule has 0 bridgehead atoms. The average molecular weight is 468 g/mol. The molecule has 4 aromatic heterocycles. The molecule has 0 radical (unpaired) electrons. The van der Waals surface area contributed by atoms with E-state index in [-0.39, 0.29) is 0 Å². The molecule has 0 saturated heterocycles. The second-order valence-electron chi connectivity index (χ2n) is 9.28. The zero-order valence-corrected chi connectivity index (χ0v) is 20.5. The third kappa shape index (κ3) is 3.99. The summed E-state index contributed by atoms with van der Waals surface area (Å²) in [5.74, 6) is 0.979. The topological polar surface area (TPSA) is 64.5 Å². The Kier molecular flexibility index (Phi) is 5.45. The lowest BCUT2D eigenvalue weighted by Gasteiger charge is -2.13. The van der Waals surface area contributed by atoms with Crippen LogP contribution in [0.2, 0.25) is 0 Å². The van der Waals surface area contributed by atoms with Gasteiger partial charge in [-0.3, -0.25) is 15.0 Å². The van der Waals surface area contributed by atoms with Crippen LogP contribution in [0.5, 0.6) is 0 Å². The fourth-order valence-corrected chi connectivity index (χ4v) is 4.49. The number of hydrogen-bond acceptors (Lipinski definition) is 5. The number of fused-ring (bicyclic) bond motifs is 3. The first-order valence-electron chi connectivity index (χ1n) is 12.1. The van der Waals surface area contributed by atoms with Crippen LogP contribution in [-0.4, -0.2) is 24.9 Å². The fraction of sp³-hybridized carbons (Fsp3) is 0.129. The minimum absolute atomic E-state index is 0.334. The van der Waals surface area contributed by atoms with Crippen LogP contribution in [0.3, 0.4) is 0 Å². The van der Waals surface area contributed by atoms with Gasteiger partial charge >= 0.3 is 0 Å². The molecule has 174 valence electrons. The number of rotatable bonds is 4. The first-order valence-corrected chi connectivity index (χ1v) is 12.1. The summed E-state index contributed by atoms with van der Waals surface area (Å²) in [5.41, 5.74) is 8.14. The smallest absolute Gasteiger partial charge is 0.161 e. The van der Waals surface area contributed by atoms with Gasteiger partial charge in [0.2, 0.25) is 0 Å². The van der Waals surface area contributed by atoms with E-state index in [1.54, 1.807) is 6.20 Å². The van der Waals surface area contributed by atoms with Gasteiger partial charge in [-0.05, 0) is 43.2 Å². The highest BCUT2D eigenvalue weighted by molar-refractivity contribution is 6.07. The van der Waals surface area contributed by atoms with Crippen molar-refractivity contribution < 1.29 is 0 Å². The summed E-state index contributed by atoms with van der Waals surface area (Å²) < 4.78 is 0. The van der Waals surface area contributed by atoms with Crippen molar-refractivity contribution >= 4 is 21.8 Å². The van der Waals surface area contributed by atoms with E-state index in [4.69, 9.17) is 19.9 Å². The minimum atomic E-state index is 0.334. The van der Waals surface area contributed by atoms with E-state index in [9.17, 15) is 0 Å². The van der Waals surface area contributed by atoms with Gasteiger partial charge in [-0.2, -0.15) is 0 Å². The molecular formula is C31H25N5. The number of nitrogens with zero attached hydrogens (tertiary/aromatic N) is 5. The Morgan fingerprint density at radius 2 is 1.42 bits per heavy atom. The largest absolute Gasteiger partial charge is 0.255 e. The zero-order chi connectivity index (χ0) is 24.6. The van der Waals surface area contributed by atoms with E-state index in [0.717, 1.165) is 61.4 Å². The molecular weight excluding hydrogens is 442 g/mol. The number of aryl methyl sites for hydroxylation is 1. The van der Waals surface area contributed by atoms with Gasteiger partial charge in [0.1, 0.15) is 0 Å². The van der Waals surface area contributed by atoms with Crippen LogP contribution in [-0.2, 0) is 0 Å². The van der Waals surface area contributed by atoms with Crippen LogP contribution in [0, 0.1) is 6.92 Å². The van der Waals surface area contributed by atoms with E-state index in [1.165, 1.54) is 0 Å². The summed E-state index contributed by atoms with van der Waals surface area (Å²) in [6.07, 6.45) is 1.79. The highest BCUT2D eigenvalue weighted by Crippen LogP contribution is 2.33. The zero-order valence-electron chi connectivity index (χ0n) is 20.5. The SMILES string of the molecule is Cc1cc(-c2nc(-c3ccccc3)cc(-c3ccccn3)n2)c2ccc3ccc(C(C)C)nc3c2n1. The Morgan fingerprint density at radius 1 is 0.639 bits per heavy atom. The Morgan fingerprint density at radius 3 is 2.19 bits per heavy atom. The molecule has 0 spiro atoms. The van der Waals surface area contributed by atoms with Gasteiger partial charge in [-0.15, -0.1) is 0 Å². The van der Waals surface area contributed by atoms with Gasteiger partial charge in [0, 0.05) is 39.5 Å². The number of aromatic nitrogens is 5. The maximum Gasteiger partial charge on any atom is 0.161 e. The lowest BCUT2D eigenvalue weighted by atomic mass is 10.0. The van der Waals surface area contributed by atoms with Crippen LogP contribution in [0.25, 0.3) is 55.8 Å². The van der Waals surface area contributed by atoms with Crippen molar-refractivity contribution in [3.05, 3.63) is 103 Å². The third-order valence-electron chi connectivity index (χ3n) is 6.34. The molecule has 6 aromatic rings. The van der Waals surface area contributed by atoms with E-state index >= 15 is 0 Å². The normalized spacial score (nSPS) is 11.4. The van der Waals surface area contributed by atoms with Crippen LogP contribution in [0.15, 0.2) is 91.1 Å². The number of benzene rings is 2. The highest BCUT2D eigenvalue weighted by atomic mass is 14.9. The molecule has 5 heteroatoms. The van der Waals surface area contributed by atoms with E-state index in [0.29, 0.717) is 11.7 Å². The second kappa shape index (κ2) is 8.93. The van der Waals surface area contributed by atoms with Crippen molar-refractivity contribution in [2.45, 2.75) is 26.7 Å². The average Bonchev–Trinajstić information content (AvgIpc) is 2.93. The molecule has 0 N–H and O–H groups in total. The molecule has 0 amide bonds. The summed E-state index contributed by atoms with van der Waals surface area (Å²) in [4.78, 5) is 24.5.